The molecule has 1 N–H and O–H groups in total. The Balaban J connectivity index is 2.58. The number of rotatable bonds is 5. The second kappa shape index (κ2) is 5.90. The van der Waals surface area contributed by atoms with Crippen molar-refractivity contribution >= 4 is 11.9 Å². The largest absolute Gasteiger partial charge is 0.481 e. The molecule has 86 valence electrons. The first-order chi connectivity index (χ1) is 7.63. The topological polar surface area (TPSA) is 63.6 Å². The van der Waals surface area contributed by atoms with Gasteiger partial charge in [0.15, 0.2) is 0 Å². The predicted octanol–water partition coefficient (Wildman–Crippen LogP) is 2.02. The van der Waals surface area contributed by atoms with E-state index in [2.05, 4.69) is 0 Å². The summed E-state index contributed by atoms with van der Waals surface area (Å²) in [7, 11) is 0. The quantitative estimate of drug-likeness (QED) is 0.611. The fraction of sp³-hybridized carbons (Fsp3) is 0.333. The zero-order valence-corrected chi connectivity index (χ0v) is 9.10. The van der Waals surface area contributed by atoms with E-state index in [9.17, 15) is 9.59 Å². The highest BCUT2D eigenvalue weighted by Crippen LogP contribution is 2.18. The number of para-hydroxylation sites is 1. The van der Waals surface area contributed by atoms with E-state index in [4.69, 9.17) is 9.84 Å². The molecule has 0 atom stereocenters. The molecule has 0 aliphatic heterocycles. The number of hydrogen-bond acceptors (Lipinski definition) is 3. The molecule has 16 heavy (non-hydrogen) atoms. The van der Waals surface area contributed by atoms with E-state index in [1.807, 2.05) is 19.1 Å². The van der Waals surface area contributed by atoms with Gasteiger partial charge in [0.05, 0.1) is 12.8 Å². The maximum Gasteiger partial charge on any atom is 0.311 e. The van der Waals surface area contributed by atoms with E-state index in [1.165, 1.54) is 0 Å². The average Bonchev–Trinajstić information content (AvgIpc) is 2.27. The molecule has 0 saturated heterocycles. The molecule has 0 saturated carbocycles. The molecular weight excluding hydrogens is 208 g/mol. The molecule has 0 aliphatic rings. The summed E-state index contributed by atoms with van der Waals surface area (Å²) < 4.78 is 5.08. The lowest BCUT2D eigenvalue weighted by Crippen LogP contribution is -2.11. The maximum atomic E-state index is 11.3. The highest BCUT2D eigenvalue weighted by atomic mass is 16.5. The smallest absolute Gasteiger partial charge is 0.311 e. The van der Waals surface area contributed by atoms with Crippen LogP contribution in [0.15, 0.2) is 24.3 Å². The molecule has 4 heteroatoms. The molecule has 1 aromatic rings. The molecule has 0 unspecified atom stereocenters. The van der Waals surface area contributed by atoms with Crippen molar-refractivity contribution in [1.82, 2.24) is 0 Å². The van der Waals surface area contributed by atoms with Crippen LogP contribution in [0.2, 0.25) is 0 Å². The maximum absolute atomic E-state index is 11.3. The minimum atomic E-state index is -0.999. The minimum Gasteiger partial charge on any atom is -0.481 e. The van der Waals surface area contributed by atoms with E-state index in [-0.39, 0.29) is 12.8 Å². The summed E-state index contributed by atoms with van der Waals surface area (Å²) in [4.78, 5) is 21.6. The number of carbonyl (C=O) groups is 2. The Bertz CT molecular complexity index is 384. The summed E-state index contributed by atoms with van der Waals surface area (Å²) in [5, 5.41) is 8.42. The van der Waals surface area contributed by atoms with E-state index in [0.717, 1.165) is 12.0 Å². The van der Waals surface area contributed by atoms with Crippen LogP contribution < -0.4 is 4.74 Å². The molecule has 1 aromatic carbocycles. The fourth-order valence-electron chi connectivity index (χ4n) is 1.28. The van der Waals surface area contributed by atoms with Gasteiger partial charge in [-0.1, -0.05) is 25.1 Å². The van der Waals surface area contributed by atoms with E-state index in [1.54, 1.807) is 12.1 Å². The van der Waals surface area contributed by atoms with Crippen LogP contribution in [-0.2, 0) is 16.0 Å². The van der Waals surface area contributed by atoms with Crippen molar-refractivity contribution in [3.63, 3.8) is 0 Å². The Kier molecular flexibility index (Phi) is 4.51. The molecule has 0 amide bonds. The standard InChI is InChI=1S/C12H14O4/c1-2-9-5-3-4-6-10(9)16-12(15)8-7-11(13)14/h3-6H,2,7-8H2,1H3,(H,13,14). The number of hydrogen-bond donors (Lipinski definition) is 1. The molecule has 4 nitrogen and oxygen atoms in total. The zero-order valence-electron chi connectivity index (χ0n) is 9.10. The van der Waals surface area contributed by atoms with E-state index >= 15 is 0 Å². The van der Waals surface area contributed by atoms with Crippen molar-refractivity contribution in [2.24, 2.45) is 0 Å². The van der Waals surface area contributed by atoms with Crippen LogP contribution >= 0.6 is 0 Å². The van der Waals surface area contributed by atoms with E-state index < -0.39 is 11.9 Å². The van der Waals surface area contributed by atoms with Gasteiger partial charge in [0, 0.05) is 0 Å². The van der Waals surface area contributed by atoms with Crippen molar-refractivity contribution in [2.45, 2.75) is 26.2 Å². The third-order valence-corrected chi connectivity index (χ3v) is 2.12. The molecular formula is C12H14O4. The number of benzene rings is 1. The highest BCUT2D eigenvalue weighted by molar-refractivity contribution is 5.78. The Morgan fingerprint density at radius 2 is 1.94 bits per heavy atom. The first kappa shape index (κ1) is 12.2. The number of carboxylic acids is 1. The van der Waals surface area contributed by atoms with Gasteiger partial charge in [0.25, 0.3) is 0 Å². The predicted molar refractivity (Wildman–Crippen MR) is 58.3 cm³/mol. The molecule has 0 aliphatic carbocycles. The lowest BCUT2D eigenvalue weighted by Gasteiger charge is -2.07. The second-order valence-electron chi connectivity index (χ2n) is 3.33. The Hall–Kier alpha value is -1.84. The first-order valence-corrected chi connectivity index (χ1v) is 5.14. The van der Waals surface area contributed by atoms with Crippen molar-refractivity contribution in [3.05, 3.63) is 29.8 Å². The van der Waals surface area contributed by atoms with Gasteiger partial charge in [-0.25, -0.2) is 0 Å². The summed E-state index contributed by atoms with van der Waals surface area (Å²) in [5.74, 6) is -0.996. The number of carboxylic acid groups (broad SMARTS) is 1. The Morgan fingerprint density at radius 1 is 1.25 bits per heavy atom. The molecule has 0 heterocycles. The fourth-order valence-corrected chi connectivity index (χ4v) is 1.28. The number of aryl methyl sites for hydroxylation is 1. The molecule has 0 radical (unpaired) electrons. The third kappa shape index (κ3) is 3.73. The van der Waals surface area contributed by atoms with Gasteiger partial charge < -0.3 is 9.84 Å². The molecule has 0 bridgehead atoms. The minimum absolute atomic E-state index is 0.104. The first-order valence-electron chi connectivity index (χ1n) is 5.14. The Labute approximate surface area is 93.9 Å². The zero-order chi connectivity index (χ0) is 12.0. The normalized spacial score (nSPS) is 9.81. The second-order valence-corrected chi connectivity index (χ2v) is 3.33. The summed E-state index contributed by atoms with van der Waals surface area (Å²) in [6, 6.07) is 7.23. The molecule has 1 rings (SSSR count). The number of carbonyl (C=O) groups excluding carboxylic acids is 1. The molecule has 0 aromatic heterocycles. The van der Waals surface area contributed by atoms with Crippen LogP contribution in [-0.4, -0.2) is 17.0 Å². The number of ether oxygens (including phenoxy) is 1. The van der Waals surface area contributed by atoms with Crippen LogP contribution in [0, 0.1) is 0 Å². The highest BCUT2D eigenvalue weighted by Gasteiger charge is 2.09. The summed E-state index contributed by atoms with van der Waals surface area (Å²) in [5.41, 5.74) is 0.936. The molecule has 0 fully saturated rings. The SMILES string of the molecule is CCc1ccccc1OC(=O)CCC(=O)O. The van der Waals surface area contributed by atoms with E-state index in [0.29, 0.717) is 5.75 Å². The van der Waals surface area contributed by atoms with Crippen molar-refractivity contribution in [3.8, 4) is 5.75 Å². The van der Waals surface area contributed by atoms with Gasteiger partial charge in [-0.2, -0.15) is 0 Å². The van der Waals surface area contributed by atoms with Gasteiger partial charge in [-0.05, 0) is 18.1 Å². The van der Waals surface area contributed by atoms with Gasteiger partial charge in [-0.15, -0.1) is 0 Å². The van der Waals surface area contributed by atoms with Crippen LogP contribution in [0.1, 0.15) is 25.3 Å². The van der Waals surface area contributed by atoms with Gasteiger partial charge in [0.1, 0.15) is 5.75 Å². The van der Waals surface area contributed by atoms with Crippen LogP contribution in [0.4, 0.5) is 0 Å². The summed E-state index contributed by atoms with van der Waals surface area (Å²) in [6.07, 6.45) is 0.461. The van der Waals surface area contributed by atoms with Crippen LogP contribution in [0.3, 0.4) is 0 Å². The third-order valence-electron chi connectivity index (χ3n) is 2.12. The monoisotopic (exact) mass is 222 g/mol. The van der Waals surface area contributed by atoms with Crippen molar-refractivity contribution in [2.75, 3.05) is 0 Å². The van der Waals surface area contributed by atoms with Crippen LogP contribution in [0.25, 0.3) is 0 Å². The van der Waals surface area contributed by atoms with Crippen molar-refractivity contribution < 1.29 is 19.4 Å². The average molecular weight is 222 g/mol. The van der Waals surface area contributed by atoms with Gasteiger partial charge in [-0.3, -0.25) is 9.59 Å². The lowest BCUT2D eigenvalue weighted by molar-refractivity contribution is -0.142. The molecule has 0 spiro atoms. The lowest BCUT2D eigenvalue weighted by atomic mass is 10.1. The van der Waals surface area contributed by atoms with Crippen molar-refractivity contribution in [1.29, 1.82) is 0 Å². The summed E-state index contributed by atoms with van der Waals surface area (Å²) in [6.45, 7) is 1.96. The summed E-state index contributed by atoms with van der Waals surface area (Å²) >= 11 is 0. The Morgan fingerprint density at radius 3 is 2.56 bits per heavy atom. The van der Waals surface area contributed by atoms with Gasteiger partial charge >= 0.3 is 11.9 Å². The van der Waals surface area contributed by atoms with Gasteiger partial charge in [0.2, 0.25) is 0 Å². The number of esters is 1. The van der Waals surface area contributed by atoms with Crippen LogP contribution in [0.5, 0.6) is 5.75 Å². The number of aliphatic carboxylic acids is 1.